The van der Waals surface area contributed by atoms with Crippen LogP contribution in [0.15, 0.2) is 88.0 Å². The summed E-state index contributed by atoms with van der Waals surface area (Å²) >= 11 is 0. The number of furan rings is 1. The Bertz CT molecular complexity index is 1280. The number of ether oxygens (including phenoxy) is 2. The van der Waals surface area contributed by atoms with Crippen LogP contribution in [0.3, 0.4) is 0 Å². The average Bonchev–Trinajstić information content (AvgIpc) is 3.42. The predicted octanol–water partition coefficient (Wildman–Crippen LogP) is 4.82. The van der Waals surface area contributed by atoms with Gasteiger partial charge in [-0.25, -0.2) is 4.39 Å². The topological polar surface area (TPSA) is 69.0 Å². The van der Waals surface area contributed by atoms with E-state index in [1.807, 2.05) is 13.0 Å². The number of hydrogen-bond acceptors (Lipinski definition) is 5. The van der Waals surface area contributed by atoms with E-state index in [2.05, 4.69) is 0 Å². The van der Waals surface area contributed by atoms with Gasteiger partial charge < -0.3 is 18.8 Å². The molecule has 0 saturated heterocycles. The molecule has 0 radical (unpaired) electrons. The Morgan fingerprint density at radius 1 is 1.12 bits per heavy atom. The SMILES string of the molecule is COC1=CC(=CC2=C(C)/C(=C\C(=O)N(C)Cc3ccco3)c3cc(F)ccc32)C=C(OC)C1=O. The van der Waals surface area contributed by atoms with Crippen molar-refractivity contribution in [2.24, 2.45) is 0 Å². The van der Waals surface area contributed by atoms with Crippen LogP contribution >= 0.6 is 0 Å². The fraction of sp³-hybridized carbons (Fsp3) is 0.185. The van der Waals surface area contributed by atoms with Crippen molar-refractivity contribution in [1.82, 2.24) is 4.90 Å². The minimum atomic E-state index is -0.394. The molecule has 0 aliphatic heterocycles. The normalized spacial score (nSPS) is 16.3. The quantitative estimate of drug-likeness (QED) is 0.577. The third-order valence-electron chi connectivity index (χ3n) is 5.78. The molecule has 1 heterocycles. The van der Waals surface area contributed by atoms with Crippen LogP contribution in [0.4, 0.5) is 4.39 Å². The van der Waals surface area contributed by atoms with E-state index in [9.17, 15) is 14.0 Å². The molecular formula is C27H24FNO5. The third-order valence-corrected chi connectivity index (χ3v) is 5.78. The smallest absolute Gasteiger partial charge is 0.261 e. The monoisotopic (exact) mass is 461 g/mol. The van der Waals surface area contributed by atoms with E-state index in [-0.39, 0.29) is 23.2 Å². The van der Waals surface area contributed by atoms with Crippen molar-refractivity contribution in [2.45, 2.75) is 13.5 Å². The van der Waals surface area contributed by atoms with E-state index in [1.165, 1.54) is 37.3 Å². The highest BCUT2D eigenvalue weighted by Crippen LogP contribution is 2.43. The van der Waals surface area contributed by atoms with E-state index in [0.717, 1.165) is 16.7 Å². The van der Waals surface area contributed by atoms with Gasteiger partial charge in [0.25, 0.3) is 5.78 Å². The average molecular weight is 461 g/mol. The number of Topliss-reactive ketones (excluding diaryl/α,β-unsaturated/α-hetero) is 1. The summed E-state index contributed by atoms with van der Waals surface area (Å²) < 4.78 is 29.9. The maximum Gasteiger partial charge on any atom is 0.261 e. The van der Waals surface area contributed by atoms with Crippen LogP contribution in [0, 0.1) is 5.82 Å². The lowest BCUT2D eigenvalue weighted by atomic mass is 9.99. The first-order chi connectivity index (χ1) is 16.3. The van der Waals surface area contributed by atoms with Crippen LogP contribution in [-0.4, -0.2) is 37.9 Å². The van der Waals surface area contributed by atoms with Gasteiger partial charge in [-0.05, 0) is 82.8 Å². The minimum Gasteiger partial charge on any atom is -0.492 e. The van der Waals surface area contributed by atoms with Gasteiger partial charge in [0, 0.05) is 13.1 Å². The Labute approximate surface area is 197 Å². The molecule has 0 fully saturated rings. The Hall–Kier alpha value is -4.13. The number of rotatable bonds is 6. The standard InChI is InChI=1S/C27H24FNO5/c1-16-21(10-17-11-24(32-3)27(31)25(12-17)33-4)20-8-7-18(28)13-23(20)22(16)14-26(30)29(2)15-19-6-5-9-34-19/h5-14H,15H2,1-4H3/b22-14+. The van der Waals surface area contributed by atoms with Crippen molar-refractivity contribution in [3.05, 3.63) is 106 Å². The fourth-order valence-corrected chi connectivity index (χ4v) is 3.99. The third kappa shape index (κ3) is 4.37. The number of hydrogen-bond donors (Lipinski definition) is 0. The number of allylic oxidation sites excluding steroid dienone is 7. The van der Waals surface area contributed by atoms with Crippen LogP contribution < -0.4 is 0 Å². The zero-order valence-electron chi connectivity index (χ0n) is 19.3. The first kappa shape index (κ1) is 23.0. The number of halogens is 1. The number of carbonyl (C=O) groups excluding carboxylic acids is 2. The highest BCUT2D eigenvalue weighted by Gasteiger charge is 2.26. The van der Waals surface area contributed by atoms with Crippen LogP contribution in [0.1, 0.15) is 23.8 Å². The number of fused-ring (bicyclic) bond motifs is 1. The molecule has 1 aromatic carbocycles. The Balaban J connectivity index is 1.76. The van der Waals surface area contributed by atoms with E-state index in [4.69, 9.17) is 13.9 Å². The molecule has 2 aromatic rings. The van der Waals surface area contributed by atoms with Crippen LogP contribution in [0.2, 0.25) is 0 Å². The second kappa shape index (κ2) is 9.39. The highest BCUT2D eigenvalue weighted by atomic mass is 19.1. The summed E-state index contributed by atoms with van der Waals surface area (Å²) in [5.41, 5.74) is 4.35. The highest BCUT2D eigenvalue weighted by molar-refractivity contribution is 6.10. The molecule has 1 amide bonds. The second-order valence-corrected chi connectivity index (χ2v) is 7.96. The first-order valence-electron chi connectivity index (χ1n) is 10.6. The maximum atomic E-state index is 14.2. The Morgan fingerprint density at radius 3 is 2.44 bits per heavy atom. The molecule has 6 nitrogen and oxygen atoms in total. The lowest BCUT2D eigenvalue weighted by Crippen LogP contribution is -2.24. The maximum absolute atomic E-state index is 14.2. The Kier molecular flexibility index (Phi) is 6.36. The molecule has 0 unspecified atom stereocenters. The van der Waals surface area contributed by atoms with Crippen LogP contribution in [0.5, 0.6) is 0 Å². The van der Waals surface area contributed by atoms with Gasteiger partial charge in [0.15, 0.2) is 11.5 Å². The van der Waals surface area contributed by atoms with E-state index < -0.39 is 5.82 Å². The lowest BCUT2D eigenvalue weighted by molar-refractivity contribution is -0.125. The van der Waals surface area contributed by atoms with Crippen molar-refractivity contribution in [1.29, 1.82) is 0 Å². The molecule has 0 spiro atoms. The van der Waals surface area contributed by atoms with Crippen molar-refractivity contribution in [2.75, 3.05) is 21.3 Å². The molecule has 0 atom stereocenters. The summed E-state index contributed by atoms with van der Waals surface area (Å²) in [7, 11) is 4.52. The molecule has 174 valence electrons. The number of benzene rings is 1. The molecular weight excluding hydrogens is 437 g/mol. The molecule has 1 aromatic heterocycles. The second-order valence-electron chi connectivity index (χ2n) is 7.96. The number of nitrogens with zero attached hydrogens (tertiary/aromatic N) is 1. The van der Waals surface area contributed by atoms with Crippen LogP contribution in [0.25, 0.3) is 11.1 Å². The zero-order valence-corrected chi connectivity index (χ0v) is 19.3. The minimum absolute atomic E-state index is 0.159. The van der Waals surface area contributed by atoms with Crippen molar-refractivity contribution >= 4 is 22.8 Å². The largest absolute Gasteiger partial charge is 0.492 e. The molecule has 2 aliphatic carbocycles. The molecule has 0 bridgehead atoms. The summed E-state index contributed by atoms with van der Waals surface area (Å²) in [6.45, 7) is 2.19. The van der Waals surface area contributed by atoms with Crippen molar-refractivity contribution in [3.8, 4) is 0 Å². The van der Waals surface area contributed by atoms with Gasteiger partial charge in [-0.3, -0.25) is 9.59 Å². The van der Waals surface area contributed by atoms with E-state index in [1.54, 1.807) is 43.7 Å². The molecule has 0 saturated carbocycles. The molecule has 7 heteroatoms. The lowest BCUT2D eigenvalue weighted by Gasteiger charge is -2.14. The number of methoxy groups -OCH3 is 2. The van der Waals surface area contributed by atoms with Gasteiger partial charge >= 0.3 is 0 Å². The summed E-state index contributed by atoms with van der Waals surface area (Å²) in [6, 6.07) is 8.06. The molecule has 2 aliphatic rings. The number of likely N-dealkylation sites (N-methyl/N-ethyl adjacent to an activating group) is 1. The van der Waals surface area contributed by atoms with Gasteiger partial charge in [-0.2, -0.15) is 0 Å². The first-order valence-corrected chi connectivity index (χ1v) is 10.6. The van der Waals surface area contributed by atoms with Crippen molar-refractivity contribution in [3.63, 3.8) is 0 Å². The molecule has 4 rings (SSSR count). The Morgan fingerprint density at radius 2 is 1.82 bits per heavy atom. The summed E-state index contributed by atoms with van der Waals surface area (Å²) in [5.74, 6) is 0.0133. The summed E-state index contributed by atoms with van der Waals surface area (Å²) in [4.78, 5) is 26.8. The van der Waals surface area contributed by atoms with Gasteiger partial charge in [0.2, 0.25) is 5.91 Å². The number of carbonyl (C=O) groups is 2. The summed E-state index contributed by atoms with van der Waals surface area (Å²) in [5, 5.41) is 0. The fourth-order valence-electron chi connectivity index (χ4n) is 3.99. The van der Waals surface area contributed by atoms with Crippen molar-refractivity contribution < 1.29 is 27.9 Å². The number of ketones is 1. The summed E-state index contributed by atoms with van der Waals surface area (Å²) in [6.07, 6.45) is 8.19. The van der Waals surface area contributed by atoms with E-state index >= 15 is 0 Å². The number of amides is 1. The van der Waals surface area contributed by atoms with Crippen LogP contribution in [-0.2, 0) is 25.6 Å². The van der Waals surface area contributed by atoms with Gasteiger partial charge in [-0.1, -0.05) is 6.07 Å². The molecule has 0 N–H and O–H groups in total. The van der Waals surface area contributed by atoms with Gasteiger partial charge in [-0.15, -0.1) is 0 Å². The predicted molar refractivity (Wildman–Crippen MR) is 125 cm³/mol. The van der Waals surface area contributed by atoms with E-state index in [0.29, 0.717) is 29.0 Å². The zero-order chi connectivity index (χ0) is 24.4. The van der Waals surface area contributed by atoms with Gasteiger partial charge in [0.05, 0.1) is 27.0 Å². The molecule has 34 heavy (non-hydrogen) atoms. The van der Waals surface area contributed by atoms with Gasteiger partial charge in [0.1, 0.15) is 11.6 Å².